The zero-order valence-electron chi connectivity index (χ0n) is 8.24. The van der Waals surface area contributed by atoms with E-state index in [2.05, 4.69) is 0 Å². The van der Waals surface area contributed by atoms with E-state index in [-0.39, 0.29) is 24.7 Å². The fourth-order valence-electron chi connectivity index (χ4n) is 0.962. The first kappa shape index (κ1) is 12.1. The summed E-state index contributed by atoms with van der Waals surface area (Å²) in [7, 11) is 0. The highest BCUT2D eigenvalue weighted by Gasteiger charge is 2.18. The van der Waals surface area contributed by atoms with Crippen molar-refractivity contribution in [2.24, 2.45) is 5.92 Å². The van der Waals surface area contributed by atoms with Crippen LogP contribution in [0.5, 0.6) is 0 Å². The van der Waals surface area contributed by atoms with Crippen molar-refractivity contribution in [2.45, 2.75) is 33.3 Å². The molecule has 0 fully saturated rings. The van der Waals surface area contributed by atoms with Crippen LogP contribution in [0, 0.1) is 5.92 Å². The van der Waals surface area contributed by atoms with Gasteiger partial charge < -0.3 is 14.6 Å². The van der Waals surface area contributed by atoms with E-state index in [4.69, 9.17) is 4.74 Å². The Labute approximate surface area is 77.9 Å². The largest absolute Gasteiger partial charge is 0.465 e. The lowest BCUT2D eigenvalue weighted by atomic mass is 9.99. The van der Waals surface area contributed by atoms with Crippen molar-refractivity contribution < 1.29 is 19.4 Å². The van der Waals surface area contributed by atoms with Crippen LogP contribution in [0.25, 0.3) is 0 Å². The Hall–Kier alpha value is -0.900. The third-order valence-electron chi connectivity index (χ3n) is 1.73. The van der Waals surface area contributed by atoms with E-state index in [9.17, 15) is 14.7 Å². The third kappa shape index (κ3) is 6.28. The van der Waals surface area contributed by atoms with E-state index in [0.29, 0.717) is 0 Å². The minimum atomic E-state index is -0.636. The summed E-state index contributed by atoms with van der Waals surface area (Å²) in [6.45, 7) is 4.43. The van der Waals surface area contributed by atoms with Gasteiger partial charge in [0.25, 0.3) is 0 Å². The molecule has 0 rings (SSSR count). The first-order valence-corrected chi connectivity index (χ1v) is 4.24. The normalized spacial score (nSPS) is 14.8. The van der Waals surface area contributed by atoms with Gasteiger partial charge in [-0.15, -0.1) is 0 Å². The van der Waals surface area contributed by atoms with Crippen LogP contribution in [-0.2, 0) is 14.3 Å². The Balaban J connectivity index is 3.95. The van der Waals surface area contributed by atoms with Crippen molar-refractivity contribution in [1.29, 1.82) is 0 Å². The Morgan fingerprint density at radius 3 is 2.23 bits per heavy atom. The van der Waals surface area contributed by atoms with Crippen molar-refractivity contribution in [3.8, 4) is 0 Å². The molecule has 4 heteroatoms. The maximum atomic E-state index is 10.8. The van der Waals surface area contributed by atoms with Crippen LogP contribution in [0.4, 0.5) is 0 Å². The van der Waals surface area contributed by atoms with Gasteiger partial charge in [-0.2, -0.15) is 0 Å². The van der Waals surface area contributed by atoms with E-state index in [1.165, 1.54) is 13.8 Å². The van der Waals surface area contributed by atoms with Crippen LogP contribution in [0.3, 0.4) is 0 Å². The predicted molar refractivity (Wildman–Crippen MR) is 47.1 cm³/mol. The minimum Gasteiger partial charge on any atom is -0.465 e. The van der Waals surface area contributed by atoms with Gasteiger partial charge in [-0.1, -0.05) is 0 Å². The van der Waals surface area contributed by atoms with Gasteiger partial charge in [0.15, 0.2) is 0 Å². The Bertz CT molecular complexity index is 186. The number of carbonyl (C=O) groups is 2. The number of aliphatic hydroxyl groups is 1. The molecule has 0 saturated carbocycles. The summed E-state index contributed by atoms with van der Waals surface area (Å²) in [6, 6.07) is 0. The minimum absolute atomic E-state index is 0.0157. The third-order valence-corrected chi connectivity index (χ3v) is 1.73. The summed E-state index contributed by atoms with van der Waals surface area (Å²) in [4.78, 5) is 21.2. The molecule has 0 aromatic heterocycles. The summed E-state index contributed by atoms with van der Waals surface area (Å²) >= 11 is 0. The monoisotopic (exact) mass is 188 g/mol. The zero-order chi connectivity index (χ0) is 10.4. The molecular formula is C9H16O4. The van der Waals surface area contributed by atoms with Crippen LogP contribution in [-0.4, -0.2) is 29.6 Å². The van der Waals surface area contributed by atoms with E-state index in [1.54, 1.807) is 6.92 Å². The van der Waals surface area contributed by atoms with Crippen LogP contribution >= 0.6 is 0 Å². The molecule has 0 aromatic carbocycles. The number of ketones is 1. The quantitative estimate of drug-likeness (QED) is 0.639. The van der Waals surface area contributed by atoms with Crippen LogP contribution in [0.1, 0.15) is 27.2 Å². The van der Waals surface area contributed by atoms with E-state index >= 15 is 0 Å². The van der Waals surface area contributed by atoms with Crippen molar-refractivity contribution in [3.63, 3.8) is 0 Å². The fourth-order valence-corrected chi connectivity index (χ4v) is 0.962. The molecule has 4 nitrogen and oxygen atoms in total. The molecule has 0 aromatic rings. The molecule has 0 heterocycles. The number of Topliss-reactive ketones (excluding diaryl/α,β-unsaturated/α-hetero) is 1. The average Bonchev–Trinajstić information content (AvgIpc) is 1.96. The molecule has 2 atom stereocenters. The van der Waals surface area contributed by atoms with Gasteiger partial charge in [0.1, 0.15) is 5.78 Å². The van der Waals surface area contributed by atoms with E-state index in [0.717, 1.165) is 0 Å². The fraction of sp³-hybridized carbons (Fsp3) is 0.778. The van der Waals surface area contributed by atoms with Gasteiger partial charge in [-0.25, -0.2) is 0 Å². The lowest BCUT2D eigenvalue weighted by Crippen LogP contribution is -2.25. The molecule has 0 saturated heterocycles. The average molecular weight is 188 g/mol. The number of hydrogen-bond acceptors (Lipinski definition) is 4. The Kier molecular flexibility index (Phi) is 5.30. The molecule has 0 spiro atoms. The smallest absolute Gasteiger partial charge is 0.302 e. The molecule has 0 bridgehead atoms. The molecule has 2 unspecified atom stereocenters. The van der Waals surface area contributed by atoms with Gasteiger partial charge in [-0.3, -0.25) is 4.79 Å². The molecular weight excluding hydrogens is 172 g/mol. The van der Waals surface area contributed by atoms with Gasteiger partial charge in [0.05, 0.1) is 12.7 Å². The maximum Gasteiger partial charge on any atom is 0.302 e. The Morgan fingerprint density at radius 2 is 1.92 bits per heavy atom. The number of aliphatic hydroxyl groups excluding tert-OH is 1. The number of ether oxygens (including phenoxy) is 1. The van der Waals surface area contributed by atoms with Gasteiger partial charge in [-0.05, 0) is 13.8 Å². The van der Waals surface area contributed by atoms with Crippen molar-refractivity contribution >= 4 is 11.8 Å². The van der Waals surface area contributed by atoms with Crippen LogP contribution in [0.2, 0.25) is 0 Å². The van der Waals surface area contributed by atoms with Gasteiger partial charge >= 0.3 is 5.97 Å². The molecule has 0 aliphatic carbocycles. The number of rotatable bonds is 5. The van der Waals surface area contributed by atoms with E-state index in [1.807, 2.05) is 0 Å². The van der Waals surface area contributed by atoms with Crippen molar-refractivity contribution in [3.05, 3.63) is 0 Å². The summed E-state index contributed by atoms with van der Waals surface area (Å²) in [5.74, 6) is -0.700. The Morgan fingerprint density at radius 1 is 1.38 bits per heavy atom. The SMILES string of the molecule is CC(=O)CC(COC(C)=O)C(C)O. The number of carbonyl (C=O) groups excluding carboxylic acids is 2. The molecule has 0 aliphatic rings. The van der Waals surface area contributed by atoms with E-state index < -0.39 is 12.1 Å². The highest BCUT2D eigenvalue weighted by atomic mass is 16.5. The summed E-state index contributed by atoms with van der Waals surface area (Å²) < 4.78 is 4.72. The summed E-state index contributed by atoms with van der Waals surface area (Å²) in [5.41, 5.74) is 0. The molecule has 76 valence electrons. The first-order valence-electron chi connectivity index (χ1n) is 4.24. The lowest BCUT2D eigenvalue weighted by Gasteiger charge is -2.17. The zero-order valence-corrected chi connectivity index (χ0v) is 8.24. The molecule has 1 N–H and O–H groups in total. The topological polar surface area (TPSA) is 63.6 Å². The first-order chi connectivity index (χ1) is 5.93. The van der Waals surface area contributed by atoms with Crippen molar-refractivity contribution in [1.82, 2.24) is 0 Å². The predicted octanol–water partition coefficient (Wildman–Crippen LogP) is 0.526. The highest BCUT2D eigenvalue weighted by molar-refractivity contribution is 5.75. The standard InChI is InChI=1S/C9H16O4/c1-6(10)4-9(7(2)11)5-13-8(3)12/h7,9,11H,4-5H2,1-3H3. The second-order valence-corrected chi connectivity index (χ2v) is 3.21. The van der Waals surface area contributed by atoms with Crippen LogP contribution in [0.15, 0.2) is 0 Å². The second kappa shape index (κ2) is 5.70. The second-order valence-electron chi connectivity index (χ2n) is 3.21. The number of esters is 1. The number of hydrogen-bond donors (Lipinski definition) is 1. The molecule has 13 heavy (non-hydrogen) atoms. The maximum absolute atomic E-state index is 10.8. The molecule has 0 aliphatic heterocycles. The summed E-state index contributed by atoms with van der Waals surface area (Å²) in [5, 5.41) is 9.23. The lowest BCUT2D eigenvalue weighted by molar-refractivity contribution is -0.144. The molecule has 0 radical (unpaired) electrons. The molecule has 0 amide bonds. The van der Waals surface area contributed by atoms with Gasteiger partial charge in [0.2, 0.25) is 0 Å². The van der Waals surface area contributed by atoms with Gasteiger partial charge in [0, 0.05) is 19.3 Å². The highest BCUT2D eigenvalue weighted by Crippen LogP contribution is 2.10. The van der Waals surface area contributed by atoms with Crippen LogP contribution < -0.4 is 0 Å². The summed E-state index contributed by atoms with van der Waals surface area (Å²) in [6.07, 6.45) is -0.395. The van der Waals surface area contributed by atoms with Crippen molar-refractivity contribution in [2.75, 3.05) is 6.61 Å².